The lowest BCUT2D eigenvalue weighted by Gasteiger charge is -2.42. The van der Waals surface area contributed by atoms with Gasteiger partial charge < -0.3 is 23.7 Å². The summed E-state index contributed by atoms with van der Waals surface area (Å²) in [5.41, 5.74) is 17.7. The van der Waals surface area contributed by atoms with Gasteiger partial charge in [-0.1, -0.05) is 92.7 Å². The second-order valence-corrected chi connectivity index (χ2v) is 15.7. The molecular formula is C48H38N4O. The fourth-order valence-corrected chi connectivity index (χ4v) is 10.2. The van der Waals surface area contributed by atoms with E-state index in [9.17, 15) is 0 Å². The number of anilines is 4. The zero-order chi connectivity index (χ0) is 35.2. The fourth-order valence-electron chi connectivity index (χ4n) is 10.2. The molecule has 0 spiro atoms. The highest BCUT2D eigenvalue weighted by Gasteiger charge is 2.40. The number of hydrogen-bond acceptors (Lipinski definition) is 3. The molecule has 1 aliphatic carbocycles. The maximum absolute atomic E-state index is 6.01. The van der Waals surface area contributed by atoms with E-state index in [1.165, 1.54) is 100 Å². The summed E-state index contributed by atoms with van der Waals surface area (Å²) >= 11 is 0. The minimum Gasteiger partial charge on any atom is -0.377 e. The van der Waals surface area contributed by atoms with E-state index >= 15 is 0 Å². The van der Waals surface area contributed by atoms with Gasteiger partial charge in [-0.05, 0) is 83.3 Å². The highest BCUT2D eigenvalue weighted by molar-refractivity contribution is 6.26. The van der Waals surface area contributed by atoms with Crippen LogP contribution in [0.15, 0.2) is 145 Å². The Morgan fingerprint density at radius 1 is 0.642 bits per heavy atom. The molecule has 1 atom stereocenters. The van der Waals surface area contributed by atoms with Crippen molar-refractivity contribution >= 4 is 66.4 Å². The van der Waals surface area contributed by atoms with Crippen LogP contribution >= 0.6 is 0 Å². The van der Waals surface area contributed by atoms with Crippen molar-refractivity contribution in [2.75, 3.05) is 16.9 Å². The summed E-state index contributed by atoms with van der Waals surface area (Å²) in [4.78, 5) is 5.11. The Morgan fingerprint density at radius 2 is 1.40 bits per heavy atom. The van der Waals surface area contributed by atoms with Crippen molar-refractivity contribution in [3.8, 4) is 5.69 Å². The Hall–Kier alpha value is -6.04. The summed E-state index contributed by atoms with van der Waals surface area (Å²) in [6, 6.07) is 45.4. The summed E-state index contributed by atoms with van der Waals surface area (Å²) in [6.45, 7) is 6.40. The molecule has 2 aromatic heterocycles. The van der Waals surface area contributed by atoms with Crippen LogP contribution in [0.3, 0.4) is 0 Å². The molecule has 12 rings (SSSR count). The summed E-state index contributed by atoms with van der Waals surface area (Å²) < 4.78 is 11.2. The Balaban J connectivity index is 1.29. The zero-order valence-corrected chi connectivity index (χ0v) is 30.1. The lowest BCUT2D eigenvalue weighted by Crippen LogP contribution is -2.30. The molecule has 0 fully saturated rings. The molecule has 5 heterocycles. The number of para-hydroxylation sites is 4. The van der Waals surface area contributed by atoms with Gasteiger partial charge in [0.2, 0.25) is 0 Å². The minimum absolute atomic E-state index is 0.0431. The van der Waals surface area contributed by atoms with Gasteiger partial charge in [-0.15, -0.1) is 0 Å². The van der Waals surface area contributed by atoms with Crippen molar-refractivity contribution < 1.29 is 4.74 Å². The van der Waals surface area contributed by atoms with Gasteiger partial charge in [0.25, 0.3) is 0 Å². The lowest BCUT2D eigenvalue weighted by molar-refractivity contribution is 0.141. The van der Waals surface area contributed by atoms with Crippen molar-refractivity contribution in [2.24, 2.45) is 0 Å². The monoisotopic (exact) mass is 686 g/mol. The van der Waals surface area contributed by atoms with Crippen LogP contribution in [0.1, 0.15) is 37.0 Å². The number of methoxy groups -OCH3 is 1. The van der Waals surface area contributed by atoms with Crippen LogP contribution in [0, 0.1) is 0 Å². The number of allylic oxidation sites excluding steroid dienone is 1. The van der Waals surface area contributed by atoms with Crippen LogP contribution in [0.4, 0.5) is 22.7 Å². The van der Waals surface area contributed by atoms with Gasteiger partial charge in [0.1, 0.15) is 0 Å². The topological polar surface area (TPSA) is 25.6 Å². The average Bonchev–Trinajstić information content (AvgIpc) is 3.56. The Labute approximate surface area is 308 Å². The van der Waals surface area contributed by atoms with Gasteiger partial charge >= 0.3 is 0 Å². The van der Waals surface area contributed by atoms with Crippen LogP contribution in [0.5, 0.6) is 0 Å². The van der Waals surface area contributed by atoms with Gasteiger partial charge in [-0.3, -0.25) is 0 Å². The molecule has 0 radical (unpaired) electrons. The Bertz CT molecular complexity index is 2960. The van der Waals surface area contributed by atoms with E-state index < -0.39 is 0 Å². The van der Waals surface area contributed by atoms with E-state index in [0.29, 0.717) is 0 Å². The van der Waals surface area contributed by atoms with E-state index in [2.05, 4.69) is 166 Å². The predicted molar refractivity (Wildman–Crippen MR) is 218 cm³/mol. The first-order chi connectivity index (χ1) is 26.0. The molecule has 1 unspecified atom stereocenters. The molecule has 256 valence electrons. The van der Waals surface area contributed by atoms with Crippen molar-refractivity contribution in [3.63, 3.8) is 0 Å². The normalized spacial score (nSPS) is 18.1. The van der Waals surface area contributed by atoms with E-state index in [1.54, 1.807) is 0 Å². The number of benzene rings is 6. The number of nitrogens with zero attached hydrogens (tertiary/aromatic N) is 4. The Kier molecular flexibility index (Phi) is 5.74. The number of ether oxygens (including phenoxy) is 1. The highest BCUT2D eigenvalue weighted by atomic mass is 16.5. The van der Waals surface area contributed by atoms with Gasteiger partial charge in [0, 0.05) is 57.5 Å². The summed E-state index contributed by atoms with van der Waals surface area (Å²) in [7, 11) is 1.84. The molecular weight excluding hydrogens is 649 g/mol. The average molecular weight is 687 g/mol. The first-order valence-corrected chi connectivity index (χ1v) is 18.8. The summed E-state index contributed by atoms with van der Waals surface area (Å²) in [5.74, 6) is 0. The molecule has 5 heteroatoms. The quantitative estimate of drug-likeness (QED) is 0.181. The molecule has 0 bridgehead atoms. The predicted octanol–water partition coefficient (Wildman–Crippen LogP) is 11.6. The van der Waals surface area contributed by atoms with E-state index in [0.717, 1.165) is 19.5 Å². The van der Waals surface area contributed by atoms with E-state index in [4.69, 9.17) is 4.74 Å². The van der Waals surface area contributed by atoms with Crippen molar-refractivity contribution in [1.82, 2.24) is 9.13 Å². The van der Waals surface area contributed by atoms with Crippen LogP contribution in [-0.2, 0) is 23.2 Å². The lowest BCUT2D eigenvalue weighted by atomic mass is 9.73. The van der Waals surface area contributed by atoms with Crippen molar-refractivity contribution in [2.45, 2.75) is 44.9 Å². The molecule has 0 amide bonds. The SMILES string of the molecule is COC1C=C2C(=CC1)Cn1c3ccccc3c3cc4c5cc6c(cc5n5c4c(c31)N2Cc1ccccc1-5)C(C)(C)c1ccccc1N6c1ccccc1. The van der Waals surface area contributed by atoms with Gasteiger partial charge in [-0.2, -0.15) is 0 Å². The van der Waals surface area contributed by atoms with Crippen molar-refractivity contribution in [1.29, 1.82) is 0 Å². The molecule has 53 heavy (non-hydrogen) atoms. The first-order valence-electron chi connectivity index (χ1n) is 18.8. The van der Waals surface area contributed by atoms with Gasteiger partial charge in [-0.25, -0.2) is 0 Å². The molecule has 8 aromatic rings. The molecule has 0 saturated heterocycles. The maximum atomic E-state index is 6.01. The summed E-state index contributed by atoms with van der Waals surface area (Å²) in [6.07, 6.45) is 5.73. The first kappa shape index (κ1) is 29.5. The van der Waals surface area contributed by atoms with Crippen LogP contribution in [-0.4, -0.2) is 22.3 Å². The maximum Gasteiger partial charge on any atom is 0.0913 e. The molecule has 6 aromatic carbocycles. The smallest absolute Gasteiger partial charge is 0.0913 e. The number of rotatable bonds is 2. The highest BCUT2D eigenvalue weighted by Crippen LogP contribution is 2.56. The molecule has 4 aliphatic rings. The van der Waals surface area contributed by atoms with Crippen LogP contribution in [0.25, 0.3) is 49.3 Å². The minimum atomic E-state index is -0.219. The third kappa shape index (κ3) is 3.75. The molecule has 0 saturated carbocycles. The second kappa shape index (κ2) is 10.3. The standard InChI is InChI=1S/C48H38N4O/c1-48(2)37-17-9-12-20-41(37)51(31-14-5-4-6-15-31)44-25-34-36-24-35-33-16-8-11-19-40(33)49-28-30-21-22-32(53-3)23-42(30)50-27-29-13-7-10-18-39(29)52(43(34)26-38(44)48)46(36)47(50)45(35)49/h4-21,23-26,32H,22,27-28H2,1-3H3. The number of fused-ring (bicyclic) bond motifs is 12. The van der Waals surface area contributed by atoms with Crippen LogP contribution < -0.4 is 9.80 Å². The van der Waals surface area contributed by atoms with Gasteiger partial charge in [0.05, 0.1) is 51.9 Å². The number of hydrogen-bond donors (Lipinski definition) is 0. The fraction of sp³-hybridized carbons (Fsp3) is 0.167. The van der Waals surface area contributed by atoms with E-state index in [1.807, 2.05) is 7.11 Å². The molecule has 3 aliphatic heterocycles. The second-order valence-electron chi connectivity index (χ2n) is 15.7. The van der Waals surface area contributed by atoms with Crippen molar-refractivity contribution in [3.05, 3.63) is 161 Å². The largest absolute Gasteiger partial charge is 0.377 e. The Morgan fingerprint density at radius 3 is 2.26 bits per heavy atom. The molecule has 5 nitrogen and oxygen atoms in total. The van der Waals surface area contributed by atoms with Gasteiger partial charge in [0.15, 0.2) is 0 Å². The third-order valence-corrected chi connectivity index (χ3v) is 12.6. The van der Waals surface area contributed by atoms with Crippen LogP contribution in [0.2, 0.25) is 0 Å². The molecule has 0 N–H and O–H groups in total. The zero-order valence-electron chi connectivity index (χ0n) is 30.1. The van der Waals surface area contributed by atoms with E-state index in [-0.39, 0.29) is 11.5 Å². The number of aromatic nitrogens is 2. The third-order valence-electron chi connectivity index (χ3n) is 12.6. The summed E-state index contributed by atoms with van der Waals surface area (Å²) in [5, 5.41) is 5.17.